The summed E-state index contributed by atoms with van der Waals surface area (Å²) in [6.07, 6.45) is 6.39. The number of nitrogens with zero attached hydrogens (tertiary/aromatic N) is 4. The molecule has 2 aromatic rings. The highest BCUT2D eigenvalue weighted by Gasteiger charge is 2.45. The fourth-order valence-electron chi connectivity index (χ4n) is 2.97. The monoisotopic (exact) mass is 281 g/mol. The predicted molar refractivity (Wildman–Crippen MR) is 79.4 cm³/mol. The van der Waals surface area contributed by atoms with Gasteiger partial charge in [-0.25, -0.2) is 0 Å². The Bertz CT molecular complexity index is 593. The Labute approximate surface area is 124 Å². The molecule has 0 bridgehead atoms. The highest BCUT2D eigenvalue weighted by atomic mass is 15.4. The Morgan fingerprint density at radius 3 is 2.81 bits per heavy atom. The van der Waals surface area contributed by atoms with Crippen LogP contribution in [0, 0.1) is 11.3 Å². The molecule has 1 aliphatic rings. The van der Waals surface area contributed by atoms with E-state index in [9.17, 15) is 5.26 Å². The molecule has 1 saturated carbocycles. The summed E-state index contributed by atoms with van der Waals surface area (Å²) in [4.78, 5) is 0. The first-order valence-electron chi connectivity index (χ1n) is 7.37. The topological polar surface area (TPSA) is 66.5 Å². The van der Waals surface area contributed by atoms with E-state index in [4.69, 9.17) is 0 Å². The van der Waals surface area contributed by atoms with Crippen LogP contribution in [0.3, 0.4) is 0 Å². The predicted octanol–water partition coefficient (Wildman–Crippen LogP) is 1.88. The summed E-state index contributed by atoms with van der Waals surface area (Å²) in [5.74, 6) is 0. The fraction of sp³-hybridized carbons (Fsp3) is 0.438. The zero-order valence-electron chi connectivity index (χ0n) is 11.9. The van der Waals surface area contributed by atoms with Crippen LogP contribution in [0.15, 0.2) is 42.7 Å². The molecule has 5 nitrogen and oxygen atoms in total. The van der Waals surface area contributed by atoms with Gasteiger partial charge >= 0.3 is 0 Å². The van der Waals surface area contributed by atoms with Gasteiger partial charge in [0.1, 0.15) is 0 Å². The Kier molecular flexibility index (Phi) is 3.98. The smallest absolute Gasteiger partial charge is 0.0852 e. The molecule has 0 radical (unpaired) electrons. The Hall–Kier alpha value is -2.19. The first kappa shape index (κ1) is 13.8. The summed E-state index contributed by atoms with van der Waals surface area (Å²) in [5, 5.41) is 20.8. The van der Waals surface area contributed by atoms with Gasteiger partial charge in [0.25, 0.3) is 0 Å². The van der Waals surface area contributed by atoms with E-state index >= 15 is 0 Å². The second kappa shape index (κ2) is 6.06. The molecule has 3 rings (SSSR count). The Morgan fingerprint density at radius 1 is 1.33 bits per heavy atom. The third-order valence-electron chi connectivity index (χ3n) is 4.20. The summed E-state index contributed by atoms with van der Waals surface area (Å²) in [7, 11) is 0. The zero-order chi connectivity index (χ0) is 14.5. The maximum atomic E-state index is 9.51. The van der Waals surface area contributed by atoms with Crippen molar-refractivity contribution in [2.24, 2.45) is 0 Å². The van der Waals surface area contributed by atoms with Crippen molar-refractivity contribution in [2.75, 3.05) is 6.54 Å². The van der Waals surface area contributed by atoms with Crippen LogP contribution in [0.4, 0.5) is 0 Å². The lowest BCUT2D eigenvalue weighted by atomic mass is 9.62. The number of aryl methyl sites for hydroxylation is 1. The van der Waals surface area contributed by atoms with Gasteiger partial charge in [0, 0.05) is 18.8 Å². The molecule has 1 aliphatic carbocycles. The summed E-state index contributed by atoms with van der Waals surface area (Å²) in [6.45, 7) is 1.82. The molecule has 1 heterocycles. The molecule has 1 aromatic carbocycles. The van der Waals surface area contributed by atoms with Crippen LogP contribution in [-0.2, 0) is 12.0 Å². The van der Waals surface area contributed by atoms with Crippen molar-refractivity contribution in [2.45, 2.75) is 37.3 Å². The Morgan fingerprint density at radius 2 is 2.14 bits per heavy atom. The largest absolute Gasteiger partial charge is 0.314 e. The first-order chi connectivity index (χ1) is 10.3. The van der Waals surface area contributed by atoms with Gasteiger partial charge in [-0.1, -0.05) is 35.5 Å². The van der Waals surface area contributed by atoms with E-state index in [1.54, 1.807) is 6.20 Å². The average Bonchev–Trinajstić information content (AvgIpc) is 3.00. The van der Waals surface area contributed by atoms with E-state index in [1.807, 2.05) is 29.1 Å². The van der Waals surface area contributed by atoms with E-state index in [2.05, 4.69) is 33.8 Å². The standard InChI is InChI=1S/C16H19N5/c17-13-16(14-5-2-1-3-6-14)11-15(12-16)18-7-4-9-21-10-8-19-20-21/h1-3,5-6,8,10,15,18H,4,7,9,11-12H2. The van der Waals surface area contributed by atoms with Gasteiger partial charge in [0.15, 0.2) is 0 Å². The number of benzene rings is 1. The second-order valence-electron chi connectivity index (χ2n) is 5.64. The lowest BCUT2D eigenvalue weighted by Crippen LogP contribution is -2.51. The van der Waals surface area contributed by atoms with Crippen LogP contribution in [0.5, 0.6) is 0 Å². The molecule has 0 atom stereocenters. The number of rotatable bonds is 6. The molecule has 5 heteroatoms. The van der Waals surface area contributed by atoms with Gasteiger partial charge in [-0.3, -0.25) is 4.68 Å². The minimum Gasteiger partial charge on any atom is -0.314 e. The van der Waals surface area contributed by atoms with Gasteiger partial charge in [-0.15, -0.1) is 5.10 Å². The van der Waals surface area contributed by atoms with Crippen LogP contribution in [0.1, 0.15) is 24.8 Å². The molecular formula is C16H19N5. The van der Waals surface area contributed by atoms with Gasteiger partial charge < -0.3 is 5.32 Å². The van der Waals surface area contributed by atoms with Crippen LogP contribution in [-0.4, -0.2) is 27.6 Å². The van der Waals surface area contributed by atoms with Gasteiger partial charge in [0.05, 0.1) is 17.7 Å². The van der Waals surface area contributed by atoms with Gasteiger partial charge in [-0.2, -0.15) is 5.26 Å². The van der Waals surface area contributed by atoms with Gasteiger partial charge in [0.2, 0.25) is 0 Å². The van der Waals surface area contributed by atoms with Gasteiger partial charge in [-0.05, 0) is 31.4 Å². The molecule has 0 amide bonds. The van der Waals surface area contributed by atoms with Crippen LogP contribution >= 0.6 is 0 Å². The molecular weight excluding hydrogens is 262 g/mol. The van der Waals surface area contributed by atoms with E-state index in [1.165, 1.54) is 0 Å². The van der Waals surface area contributed by atoms with Crippen molar-refractivity contribution in [1.29, 1.82) is 5.26 Å². The molecule has 21 heavy (non-hydrogen) atoms. The molecule has 0 spiro atoms. The van der Waals surface area contributed by atoms with Crippen molar-refractivity contribution in [1.82, 2.24) is 20.3 Å². The lowest BCUT2D eigenvalue weighted by molar-refractivity contribution is 0.225. The normalized spacial score (nSPS) is 24.2. The highest BCUT2D eigenvalue weighted by molar-refractivity contribution is 5.36. The summed E-state index contributed by atoms with van der Waals surface area (Å²) < 4.78 is 1.84. The SMILES string of the molecule is N#CC1(c2ccccc2)CC(NCCCn2ccnn2)C1. The lowest BCUT2D eigenvalue weighted by Gasteiger charge is -2.43. The molecule has 1 N–H and O–H groups in total. The van der Waals surface area contributed by atoms with E-state index in [-0.39, 0.29) is 5.41 Å². The summed E-state index contributed by atoms with van der Waals surface area (Å²) >= 11 is 0. The number of hydrogen-bond donors (Lipinski definition) is 1. The fourth-order valence-corrected chi connectivity index (χ4v) is 2.97. The van der Waals surface area contributed by atoms with Crippen molar-refractivity contribution in [3.63, 3.8) is 0 Å². The molecule has 0 unspecified atom stereocenters. The average molecular weight is 281 g/mol. The van der Waals surface area contributed by atoms with Crippen LogP contribution in [0.2, 0.25) is 0 Å². The molecule has 108 valence electrons. The number of aromatic nitrogens is 3. The van der Waals surface area contributed by atoms with E-state index in [0.29, 0.717) is 6.04 Å². The minimum absolute atomic E-state index is 0.287. The first-order valence-corrected chi connectivity index (χ1v) is 7.37. The third-order valence-corrected chi connectivity index (χ3v) is 4.20. The van der Waals surface area contributed by atoms with Crippen molar-refractivity contribution < 1.29 is 0 Å². The van der Waals surface area contributed by atoms with Crippen LogP contribution < -0.4 is 5.32 Å². The molecule has 0 saturated heterocycles. The minimum atomic E-state index is -0.287. The summed E-state index contributed by atoms with van der Waals surface area (Å²) in [5.41, 5.74) is 0.860. The van der Waals surface area contributed by atoms with Crippen LogP contribution in [0.25, 0.3) is 0 Å². The Balaban J connectivity index is 1.43. The van der Waals surface area contributed by atoms with E-state index < -0.39 is 0 Å². The third kappa shape index (κ3) is 2.96. The maximum Gasteiger partial charge on any atom is 0.0852 e. The number of hydrogen-bond acceptors (Lipinski definition) is 4. The number of nitrogens with one attached hydrogen (secondary N) is 1. The van der Waals surface area contributed by atoms with Crippen molar-refractivity contribution in [3.8, 4) is 6.07 Å². The van der Waals surface area contributed by atoms with Crippen molar-refractivity contribution >= 4 is 0 Å². The van der Waals surface area contributed by atoms with Crippen molar-refractivity contribution in [3.05, 3.63) is 48.3 Å². The quantitative estimate of drug-likeness (QED) is 0.821. The second-order valence-corrected chi connectivity index (χ2v) is 5.64. The molecule has 1 fully saturated rings. The zero-order valence-corrected chi connectivity index (χ0v) is 11.9. The number of nitriles is 1. The molecule has 1 aromatic heterocycles. The highest BCUT2D eigenvalue weighted by Crippen LogP contribution is 2.43. The molecule has 0 aliphatic heterocycles. The summed E-state index contributed by atoms with van der Waals surface area (Å²) in [6, 6.07) is 13.1. The van der Waals surface area contributed by atoms with E-state index in [0.717, 1.165) is 37.9 Å². The maximum absolute atomic E-state index is 9.51.